The van der Waals surface area contributed by atoms with Gasteiger partial charge < -0.3 is 4.74 Å². The number of carbonyl (C=O) groups excluding carboxylic acids is 1. The van der Waals surface area contributed by atoms with Crippen molar-refractivity contribution in [1.29, 1.82) is 0 Å². The fraction of sp³-hybridized carbons (Fsp3) is 0.588. The zero-order valence-corrected chi connectivity index (χ0v) is 15.6. The molecule has 148 valence electrons. The number of piperidine rings is 2. The molecule has 1 aromatic rings. The van der Waals surface area contributed by atoms with Gasteiger partial charge >= 0.3 is 5.97 Å². The quantitative estimate of drug-likeness (QED) is 0.423. The summed E-state index contributed by atoms with van der Waals surface area (Å²) in [6, 6.07) is 3.36. The number of nitro benzene ring substituents is 2. The summed E-state index contributed by atoms with van der Waals surface area (Å²) < 4.78 is 5.37. The van der Waals surface area contributed by atoms with E-state index in [-0.39, 0.29) is 30.5 Å². The van der Waals surface area contributed by atoms with Crippen LogP contribution >= 0.6 is 12.4 Å². The summed E-state index contributed by atoms with van der Waals surface area (Å²) in [5, 5.41) is 21.9. The van der Waals surface area contributed by atoms with Crippen LogP contribution in [0.1, 0.15) is 42.5 Å². The van der Waals surface area contributed by atoms with Crippen molar-refractivity contribution < 1.29 is 19.4 Å². The first-order chi connectivity index (χ1) is 12.5. The zero-order chi connectivity index (χ0) is 18.7. The topological polar surface area (TPSA) is 116 Å². The van der Waals surface area contributed by atoms with E-state index in [4.69, 9.17) is 4.74 Å². The Morgan fingerprint density at radius 1 is 1.11 bits per heavy atom. The first kappa shape index (κ1) is 21.0. The van der Waals surface area contributed by atoms with Gasteiger partial charge in [0.2, 0.25) is 0 Å². The molecule has 2 heterocycles. The van der Waals surface area contributed by atoms with Gasteiger partial charge in [-0.2, -0.15) is 0 Å². The molecule has 0 aliphatic carbocycles. The Bertz CT molecular complexity index is 727. The van der Waals surface area contributed by atoms with Crippen LogP contribution in [0.2, 0.25) is 0 Å². The van der Waals surface area contributed by atoms with Gasteiger partial charge in [-0.3, -0.25) is 25.1 Å². The molecule has 0 N–H and O–H groups in total. The maximum Gasteiger partial charge on any atom is 0.345 e. The Kier molecular flexibility index (Phi) is 7.09. The van der Waals surface area contributed by atoms with Crippen molar-refractivity contribution in [3.63, 3.8) is 0 Å². The highest BCUT2D eigenvalue weighted by Gasteiger charge is 2.34. The molecule has 0 radical (unpaired) electrons. The molecular weight excluding hydrogens is 378 g/mol. The molecule has 10 heteroatoms. The van der Waals surface area contributed by atoms with Crippen LogP contribution in [-0.2, 0) is 4.74 Å². The number of halogens is 1. The molecule has 2 aliphatic heterocycles. The summed E-state index contributed by atoms with van der Waals surface area (Å²) in [4.78, 5) is 35.2. The number of esters is 1. The third-order valence-electron chi connectivity index (χ3n) is 5.27. The van der Waals surface area contributed by atoms with E-state index in [1.165, 1.54) is 12.8 Å². The molecule has 2 saturated heterocycles. The molecule has 0 amide bonds. The summed E-state index contributed by atoms with van der Waals surface area (Å²) in [6.07, 6.45) is 5.46. The number of rotatable bonds is 5. The summed E-state index contributed by atoms with van der Waals surface area (Å²) in [6.45, 7) is 2.36. The van der Waals surface area contributed by atoms with E-state index < -0.39 is 27.2 Å². The van der Waals surface area contributed by atoms with Crippen molar-refractivity contribution in [2.45, 2.75) is 38.1 Å². The summed E-state index contributed by atoms with van der Waals surface area (Å²) >= 11 is 0. The summed E-state index contributed by atoms with van der Waals surface area (Å²) in [5.41, 5.74) is -1.29. The van der Waals surface area contributed by atoms with Crippen molar-refractivity contribution in [3.05, 3.63) is 44.0 Å². The van der Waals surface area contributed by atoms with E-state index in [2.05, 4.69) is 4.90 Å². The van der Waals surface area contributed by atoms with Crippen LogP contribution in [0.4, 0.5) is 11.4 Å². The number of non-ortho nitro benzene ring substituents is 1. The largest absolute Gasteiger partial charge is 0.462 e. The average Bonchev–Trinajstić information content (AvgIpc) is 2.65. The monoisotopic (exact) mass is 399 g/mol. The van der Waals surface area contributed by atoms with Crippen molar-refractivity contribution in [2.24, 2.45) is 5.92 Å². The Morgan fingerprint density at radius 3 is 2.56 bits per heavy atom. The van der Waals surface area contributed by atoms with Gasteiger partial charge in [0.05, 0.1) is 22.5 Å². The van der Waals surface area contributed by atoms with E-state index in [1.54, 1.807) is 0 Å². The lowest BCUT2D eigenvalue weighted by Gasteiger charge is -2.44. The Hall–Kier alpha value is -2.26. The molecule has 3 rings (SSSR count). The minimum absolute atomic E-state index is 0. The van der Waals surface area contributed by atoms with E-state index in [0.29, 0.717) is 6.04 Å². The number of hydrogen-bond acceptors (Lipinski definition) is 7. The number of carbonyl (C=O) groups is 1. The van der Waals surface area contributed by atoms with Gasteiger partial charge in [-0.05, 0) is 44.8 Å². The van der Waals surface area contributed by atoms with Gasteiger partial charge in [0.1, 0.15) is 5.56 Å². The van der Waals surface area contributed by atoms with Gasteiger partial charge in [0, 0.05) is 18.0 Å². The van der Waals surface area contributed by atoms with Crippen LogP contribution in [0.25, 0.3) is 0 Å². The van der Waals surface area contributed by atoms with Crippen LogP contribution in [0.15, 0.2) is 18.2 Å². The molecule has 0 bridgehead atoms. The Balaban J connectivity index is 0.00000261. The van der Waals surface area contributed by atoms with Gasteiger partial charge in [0.25, 0.3) is 11.4 Å². The highest BCUT2D eigenvalue weighted by molar-refractivity contribution is 5.94. The first-order valence-corrected chi connectivity index (χ1v) is 8.81. The van der Waals surface area contributed by atoms with Crippen LogP contribution in [-0.4, -0.2) is 46.5 Å². The van der Waals surface area contributed by atoms with Crippen molar-refractivity contribution in [2.75, 3.05) is 19.7 Å². The SMILES string of the molecule is Cl.O=C(OCC1CCCN2CCCCC12)c1ccc([N+](=O)[O-])cc1[N+](=O)[O-]. The Labute approximate surface area is 162 Å². The normalized spacial score (nSPS) is 22.2. The van der Waals surface area contributed by atoms with Crippen LogP contribution in [0.5, 0.6) is 0 Å². The zero-order valence-electron chi connectivity index (χ0n) is 14.7. The van der Waals surface area contributed by atoms with E-state index >= 15 is 0 Å². The van der Waals surface area contributed by atoms with Gasteiger partial charge in [-0.1, -0.05) is 6.42 Å². The molecular formula is C17H22ClN3O6. The van der Waals surface area contributed by atoms with E-state index in [9.17, 15) is 25.0 Å². The molecule has 2 fully saturated rings. The lowest BCUT2D eigenvalue weighted by molar-refractivity contribution is -0.394. The highest BCUT2D eigenvalue weighted by Crippen LogP contribution is 2.31. The fourth-order valence-corrected chi connectivity index (χ4v) is 3.99. The standard InChI is InChI=1S/C17H21N3O6.ClH/c21-17(14-7-6-13(19(22)23)10-16(14)20(24)25)26-11-12-4-3-9-18-8-2-1-5-15(12)18;/h6-7,10,12,15H,1-5,8-9,11H2;1H. The average molecular weight is 400 g/mol. The number of fused-ring (bicyclic) bond motifs is 1. The lowest BCUT2D eigenvalue weighted by Crippen LogP contribution is -2.49. The molecule has 0 spiro atoms. The lowest BCUT2D eigenvalue weighted by atomic mass is 9.84. The second-order valence-corrected chi connectivity index (χ2v) is 6.82. The minimum Gasteiger partial charge on any atom is -0.462 e. The van der Waals surface area contributed by atoms with Gasteiger partial charge in [-0.25, -0.2) is 4.79 Å². The maximum absolute atomic E-state index is 12.3. The van der Waals surface area contributed by atoms with Crippen molar-refractivity contribution >= 4 is 29.8 Å². The molecule has 2 atom stereocenters. The van der Waals surface area contributed by atoms with Gasteiger partial charge in [-0.15, -0.1) is 12.4 Å². The minimum atomic E-state index is -0.806. The third kappa shape index (κ3) is 4.72. The Morgan fingerprint density at radius 2 is 1.85 bits per heavy atom. The first-order valence-electron chi connectivity index (χ1n) is 8.81. The molecule has 0 aromatic heterocycles. The number of hydrogen-bond donors (Lipinski definition) is 0. The molecule has 2 unspecified atom stereocenters. The second kappa shape index (κ2) is 9.09. The second-order valence-electron chi connectivity index (χ2n) is 6.82. The molecule has 2 aliphatic rings. The number of nitro groups is 2. The molecule has 0 saturated carbocycles. The number of nitrogens with zero attached hydrogens (tertiary/aromatic N) is 3. The molecule has 9 nitrogen and oxygen atoms in total. The fourth-order valence-electron chi connectivity index (χ4n) is 3.99. The smallest absolute Gasteiger partial charge is 0.345 e. The van der Waals surface area contributed by atoms with Crippen molar-refractivity contribution in [1.82, 2.24) is 4.90 Å². The maximum atomic E-state index is 12.3. The molecule has 1 aromatic carbocycles. The third-order valence-corrected chi connectivity index (χ3v) is 5.27. The van der Waals surface area contributed by atoms with E-state index in [0.717, 1.165) is 50.6 Å². The number of ether oxygens (including phenoxy) is 1. The van der Waals surface area contributed by atoms with E-state index in [1.807, 2.05) is 0 Å². The highest BCUT2D eigenvalue weighted by atomic mass is 35.5. The number of benzene rings is 1. The summed E-state index contributed by atoms with van der Waals surface area (Å²) in [5.74, 6) is -0.579. The van der Waals surface area contributed by atoms with Gasteiger partial charge in [0.15, 0.2) is 0 Å². The van der Waals surface area contributed by atoms with Crippen LogP contribution in [0, 0.1) is 26.1 Å². The van der Waals surface area contributed by atoms with Crippen LogP contribution < -0.4 is 0 Å². The van der Waals surface area contributed by atoms with Crippen molar-refractivity contribution in [3.8, 4) is 0 Å². The molecule has 27 heavy (non-hydrogen) atoms. The predicted molar refractivity (Wildman–Crippen MR) is 99.2 cm³/mol. The van der Waals surface area contributed by atoms with Crippen LogP contribution in [0.3, 0.4) is 0 Å². The predicted octanol–water partition coefficient (Wildman–Crippen LogP) is 3.35. The summed E-state index contributed by atoms with van der Waals surface area (Å²) in [7, 11) is 0.